The van der Waals surface area contributed by atoms with Gasteiger partial charge in [-0.05, 0) is 55.5 Å². The molecule has 4 nitrogen and oxygen atoms in total. The molecule has 0 radical (unpaired) electrons. The molecule has 1 amide bonds. The number of nitrogens with one attached hydrogen (secondary N) is 1. The van der Waals surface area contributed by atoms with Gasteiger partial charge in [-0.15, -0.1) is 0 Å². The molecule has 0 unspecified atom stereocenters. The van der Waals surface area contributed by atoms with E-state index in [1.807, 2.05) is 25.1 Å². The standard InChI is InChI=1S/C17H26N2O2/c1-13-10-14(6-7-15(13)21-2)19-16(20)11-17(12-18)8-4-3-5-9-17/h6-7,10H,3-5,8-9,11-12,18H2,1-2H3,(H,19,20). The van der Waals surface area contributed by atoms with Crippen LogP contribution in [0.25, 0.3) is 0 Å². The summed E-state index contributed by atoms with van der Waals surface area (Å²) in [7, 11) is 1.65. The van der Waals surface area contributed by atoms with Crippen LogP contribution < -0.4 is 15.8 Å². The molecule has 4 heteroatoms. The van der Waals surface area contributed by atoms with Gasteiger partial charge in [-0.25, -0.2) is 0 Å². The minimum atomic E-state index is 0.00382. The number of methoxy groups -OCH3 is 1. The molecule has 3 N–H and O–H groups in total. The molecule has 0 spiro atoms. The van der Waals surface area contributed by atoms with Gasteiger partial charge in [-0.1, -0.05) is 19.3 Å². The summed E-state index contributed by atoms with van der Waals surface area (Å²) in [6, 6.07) is 5.69. The Hall–Kier alpha value is -1.55. The number of carbonyl (C=O) groups is 1. The zero-order chi connectivity index (χ0) is 15.3. The largest absolute Gasteiger partial charge is 0.496 e. The minimum Gasteiger partial charge on any atom is -0.496 e. The number of benzene rings is 1. The molecule has 116 valence electrons. The maximum absolute atomic E-state index is 12.3. The fourth-order valence-electron chi connectivity index (χ4n) is 3.26. The zero-order valence-corrected chi connectivity index (χ0v) is 13.1. The average Bonchev–Trinajstić information content (AvgIpc) is 2.48. The highest BCUT2D eigenvalue weighted by atomic mass is 16.5. The summed E-state index contributed by atoms with van der Waals surface area (Å²) < 4.78 is 5.23. The second-order valence-corrected chi connectivity index (χ2v) is 6.17. The molecule has 2 rings (SSSR count). The maximum atomic E-state index is 12.3. The molecule has 1 saturated carbocycles. The molecule has 0 saturated heterocycles. The topological polar surface area (TPSA) is 64.3 Å². The number of hydrogen-bond acceptors (Lipinski definition) is 3. The molecule has 0 aliphatic heterocycles. The van der Waals surface area contributed by atoms with E-state index in [0.29, 0.717) is 13.0 Å². The molecule has 0 aromatic heterocycles. The van der Waals surface area contributed by atoms with E-state index in [2.05, 4.69) is 5.32 Å². The summed E-state index contributed by atoms with van der Waals surface area (Å²) in [4.78, 5) is 12.3. The van der Waals surface area contributed by atoms with E-state index in [-0.39, 0.29) is 11.3 Å². The molecule has 1 fully saturated rings. The lowest BCUT2D eigenvalue weighted by Crippen LogP contribution is -2.36. The number of hydrogen-bond donors (Lipinski definition) is 2. The predicted molar refractivity (Wildman–Crippen MR) is 85.6 cm³/mol. The van der Waals surface area contributed by atoms with Crippen LogP contribution in [-0.4, -0.2) is 19.6 Å². The number of carbonyl (C=O) groups excluding carboxylic acids is 1. The van der Waals surface area contributed by atoms with E-state index < -0.39 is 0 Å². The van der Waals surface area contributed by atoms with Gasteiger partial charge >= 0.3 is 0 Å². The SMILES string of the molecule is COc1ccc(NC(=O)CC2(CN)CCCCC2)cc1C. The van der Waals surface area contributed by atoms with Crippen molar-refractivity contribution < 1.29 is 9.53 Å². The highest BCUT2D eigenvalue weighted by Gasteiger charge is 2.32. The molecular weight excluding hydrogens is 264 g/mol. The Bertz CT molecular complexity index is 494. The quantitative estimate of drug-likeness (QED) is 0.875. The van der Waals surface area contributed by atoms with Crippen LogP contribution in [0.1, 0.15) is 44.1 Å². The van der Waals surface area contributed by atoms with Crippen LogP contribution in [0.15, 0.2) is 18.2 Å². The monoisotopic (exact) mass is 290 g/mol. The second kappa shape index (κ2) is 6.94. The van der Waals surface area contributed by atoms with Crippen LogP contribution >= 0.6 is 0 Å². The van der Waals surface area contributed by atoms with Gasteiger partial charge in [0, 0.05) is 12.1 Å². The third-order valence-electron chi connectivity index (χ3n) is 4.56. The molecule has 1 aromatic carbocycles. The van der Waals surface area contributed by atoms with Gasteiger partial charge in [-0.3, -0.25) is 4.79 Å². The van der Waals surface area contributed by atoms with Crippen molar-refractivity contribution in [2.75, 3.05) is 19.0 Å². The van der Waals surface area contributed by atoms with E-state index in [0.717, 1.165) is 29.8 Å². The third kappa shape index (κ3) is 3.97. The van der Waals surface area contributed by atoms with Gasteiger partial charge in [0.05, 0.1) is 7.11 Å². The van der Waals surface area contributed by atoms with Crippen LogP contribution in [0.4, 0.5) is 5.69 Å². The first-order valence-corrected chi connectivity index (χ1v) is 7.73. The van der Waals surface area contributed by atoms with Crippen molar-refractivity contribution in [2.24, 2.45) is 11.1 Å². The van der Waals surface area contributed by atoms with Gasteiger partial charge in [0.1, 0.15) is 5.75 Å². The number of nitrogens with two attached hydrogens (primary N) is 1. The molecule has 1 aromatic rings. The van der Waals surface area contributed by atoms with Crippen LogP contribution in [-0.2, 0) is 4.79 Å². The molecular formula is C17H26N2O2. The summed E-state index contributed by atoms with van der Waals surface area (Å²) >= 11 is 0. The average molecular weight is 290 g/mol. The van der Waals surface area contributed by atoms with Gasteiger partial charge in [-0.2, -0.15) is 0 Å². The lowest BCUT2D eigenvalue weighted by atomic mass is 9.71. The number of rotatable bonds is 5. The first kappa shape index (κ1) is 15.8. The first-order chi connectivity index (χ1) is 10.1. The zero-order valence-electron chi connectivity index (χ0n) is 13.1. The van der Waals surface area contributed by atoms with Crippen LogP contribution in [0.3, 0.4) is 0 Å². The van der Waals surface area contributed by atoms with Crippen molar-refractivity contribution in [2.45, 2.75) is 45.4 Å². The molecule has 21 heavy (non-hydrogen) atoms. The van der Waals surface area contributed by atoms with E-state index in [1.165, 1.54) is 19.3 Å². The maximum Gasteiger partial charge on any atom is 0.224 e. The summed E-state index contributed by atoms with van der Waals surface area (Å²) in [6.45, 7) is 2.57. The highest BCUT2D eigenvalue weighted by Crippen LogP contribution is 2.38. The highest BCUT2D eigenvalue weighted by molar-refractivity contribution is 5.91. The van der Waals surface area contributed by atoms with E-state index in [1.54, 1.807) is 7.11 Å². The van der Waals surface area contributed by atoms with Crippen LogP contribution in [0.5, 0.6) is 5.75 Å². The first-order valence-electron chi connectivity index (χ1n) is 7.73. The molecule has 0 heterocycles. The second-order valence-electron chi connectivity index (χ2n) is 6.17. The predicted octanol–water partition coefficient (Wildman–Crippen LogP) is 3.24. The Kier molecular flexibility index (Phi) is 5.23. The Morgan fingerprint density at radius 3 is 2.62 bits per heavy atom. The molecule has 0 bridgehead atoms. The number of ether oxygens (including phenoxy) is 1. The van der Waals surface area contributed by atoms with Crippen molar-refractivity contribution >= 4 is 11.6 Å². The fourth-order valence-corrected chi connectivity index (χ4v) is 3.26. The Morgan fingerprint density at radius 1 is 1.33 bits per heavy atom. The van der Waals surface area contributed by atoms with Gasteiger partial charge in [0.25, 0.3) is 0 Å². The van der Waals surface area contributed by atoms with Crippen molar-refractivity contribution in [3.05, 3.63) is 23.8 Å². The normalized spacial score (nSPS) is 17.3. The number of aryl methyl sites for hydroxylation is 1. The van der Waals surface area contributed by atoms with Crippen molar-refractivity contribution in [3.63, 3.8) is 0 Å². The summed E-state index contributed by atoms with van der Waals surface area (Å²) in [5, 5.41) is 2.99. The molecule has 1 aliphatic rings. The molecule has 1 aliphatic carbocycles. The van der Waals surface area contributed by atoms with Crippen molar-refractivity contribution in [1.82, 2.24) is 0 Å². The van der Waals surface area contributed by atoms with Gasteiger partial charge < -0.3 is 15.8 Å². The summed E-state index contributed by atoms with van der Waals surface area (Å²) in [5.41, 5.74) is 7.79. The van der Waals surface area contributed by atoms with Crippen LogP contribution in [0, 0.1) is 12.3 Å². The van der Waals surface area contributed by atoms with Crippen molar-refractivity contribution in [1.29, 1.82) is 0 Å². The summed E-state index contributed by atoms with van der Waals surface area (Å²) in [6.07, 6.45) is 6.30. The van der Waals surface area contributed by atoms with E-state index in [9.17, 15) is 4.79 Å². The van der Waals surface area contributed by atoms with Crippen LogP contribution in [0.2, 0.25) is 0 Å². The van der Waals surface area contributed by atoms with Gasteiger partial charge in [0.2, 0.25) is 5.91 Å². The Balaban J connectivity index is 1.99. The lowest BCUT2D eigenvalue weighted by Gasteiger charge is -2.35. The number of amides is 1. The minimum absolute atomic E-state index is 0.00382. The van der Waals surface area contributed by atoms with Crippen molar-refractivity contribution in [3.8, 4) is 5.75 Å². The Morgan fingerprint density at radius 2 is 2.05 bits per heavy atom. The number of anilines is 1. The van der Waals surface area contributed by atoms with E-state index in [4.69, 9.17) is 10.5 Å². The molecule has 0 atom stereocenters. The fraction of sp³-hybridized carbons (Fsp3) is 0.588. The lowest BCUT2D eigenvalue weighted by molar-refractivity contribution is -0.118. The Labute approximate surface area is 127 Å². The summed E-state index contributed by atoms with van der Waals surface area (Å²) in [5.74, 6) is 0.894. The smallest absolute Gasteiger partial charge is 0.224 e. The third-order valence-corrected chi connectivity index (χ3v) is 4.56. The van der Waals surface area contributed by atoms with Gasteiger partial charge in [0.15, 0.2) is 0 Å². The van der Waals surface area contributed by atoms with E-state index >= 15 is 0 Å².